The SMILES string of the molecule is C[C@H]1CN(c2cc(-c3cnc(N)c(OC(F)F)c3)nc(N3CC4CC3C4)c2)CCO1. The molecule has 0 amide bonds. The second kappa shape index (κ2) is 7.54. The molecule has 0 aromatic carbocycles. The normalized spacial score (nSPS) is 25.5. The van der Waals surface area contributed by atoms with E-state index in [0.29, 0.717) is 23.9 Å². The molecule has 2 bridgehead atoms. The summed E-state index contributed by atoms with van der Waals surface area (Å²) in [5, 5.41) is 0. The van der Waals surface area contributed by atoms with Gasteiger partial charge in [0.2, 0.25) is 0 Å². The fourth-order valence-electron chi connectivity index (χ4n) is 4.63. The molecule has 1 atom stereocenters. The first-order valence-electron chi connectivity index (χ1n) is 10.3. The van der Waals surface area contributed by atoms with E-state index < -0.39 is 6.61 Å². The van der Waals surface area contributed by atoms with Crippen LogP contribution in [-0.2, 0) is 4.74 Å². The van der Waals surface area contributed by atoms with Crippen molar-refractivity contribution < 1.29 is 18.3 Å². The van der Waals surface area contributed by atoms with E-state index in [-0.39, 0.29) is 17.7 Å². The van der Waals surface area contributed by atoms with Gasteiger partial charge in [0.15, 0.2) is 11.6 Å². The van der Waals surface area contributed by atoms with E-state index in [1.165, 1.54) is 18.9 Å². The van der Waals surface area contributed by atoms with Crippen molar-refractivity contribution in [3.8, 4) is 17.0 Å². The third-order valence-corrected chi connectivity index (χ3v) is 6.20. The first kappa shape index (κ1) is 19.3. The molecule has 4 aliphatic rings. The van der Waals surface area contributed by atoms with Crippen molar-refractivity contribution in [2.24, 2.45) is 5.92 Å². The van der Waals surface area contributed by atoms with Crippen LogP contribution in [0.2, 0.25) is 0 Å². The predicted molar refractivity (Wildman–Crippen MR) is 110 cm³/mol. The lowest BCUT2D eigenvalue weighted by molar-refractivity contribution is -0.0494. The summed E-state index contributed by atoms with van der Waals surface area (Å²) >= 11 is 0. The van der Waals surface area contributed by atoms with Crippen LogP contribution in [0.15, 0.2) is 24.4 Å². The molecule has 2 aromatic rings. The number of nitrogen functional groups attached to an aromatic ring is 1. The average Bonchev–Trinajstić information content (AvgIpc) is 3.30. The second-order valence-electron chi connectivity index (χ2n) is 8.33. The highest BCUT2D eigenvalue weighted by atomic mass is 19.3. The fourth-order valence-corrected chi connectivity index (χ4v) is 4.63. The Morgan fingerprint density at radius 2 is 2.07 bits per heavy atom. The highest BCUT2D eigenvalue weighted by molar-refractivity contribution is 5.71. The Kier molecular flexibility index (Phi) is 4.85. The number of hydrogen-bond acceptors (Lipinski definition) is 7. The van der Waals surface area contributed by atoms with Gasteiger partial charge in [0.05, 0.1) is 18.4 Å². The van der Waals surface area contributed by atoms with Crippen LogP contribution in [0.3, 0.4) is 0 Å². The summed E-state index contributed by atoms with van der Waals surface area (Å²) in [6.45, 7) is 2.35. The zero-order valence-corrected chi connectivity index (χ0v) is 16.8. The van der Waals surface area contributed by atoms with Gasteiger partial charge >= 0.3 is 6.61 Å². The van der Waals surface area contributed by atoms with Gasteiger partial charge in [0.25, 0.3) is 0 Å². The molecule has 0 spiro atoms. The first-order valence-corrected chi connectivity index (χ1v) is 10.3. The molecule has 1 saturated carbocycles. The summed E-state index contributed by atoms with van der Waals surface area (Å²) in [6, 6.07) is 6.12. The van der Waals surface area contributed by atoms with E-state index in [0.717, 1.165) is 37.1 Å². The Morgan fingerprint density at radius 1 is 1.23 bits per heavy atom. The van der Waals surface area contributed by atoms with Crippen molar-refractivity contribution in [1.29, 1.82) is 0 Å². The zero-order valence-electron chi connectivity index (χ0n) is 16.8. The number of nitrogens with zero attached hydrogens (tertiary/aromatic N) is 4. The van der Waals surface area contributed by atoms with Gasteiger partial charge in [0, 0.05) is 49.2 Å². The average molecular weight is 417 g/mol. The van der Waals surface area contributed by atoms with Crippen molar-refractivity contribution >= 4 is 17.3 Å². The lowest BCUT2D eigenvalue weighted by Gasteiger charge is -2.34. The Bertz CT molecular complexity index is 938. The number of fused-ring (bicyclic) bond motifs is 1. The first-order chi connectivity index (χ1) is 14.5. The van der Waals surface area contributed by atoms with Gasteiger partial charge in [-0.3, -0.25) is 0 Å². The van der Waals surface area contributed by atoms with Gasteiger partial charge in [0.1, 0.15) is 5.82 Å². The number of aromatic nitrogens is 2. The fraction of sp³-hybridized carbons (Fsp3) is 0.524. The minimum Gasteiger partial charge on any atom is -0.431 e. The van der Waals surface area contributed by atoms with Crippen LogP contribution in [-0.4, -0.2) is 55.0 Å². The van der Waals surface area contributed by atoms with Crippen LogP contribution in [0, 0.1) is 5.92 Å². The molecule has 5 heterocycles. The number of halogens is 2. The van der Waals surface area contributed by atoms with Crippen LogP contribution in [0.5, 0.6) is 5.75 Å². The molecule has 3 aliphatic heterocycles. The van der Waals surface area contributed by atoms with E-state index in [2.05, 4.69) is 32.5 Å². The van der Waals surface area contributed by atoms with Crippen LogP contribution < -0.4 is 20.3 Å². The Hall–Kier alpha value is -2.68. The third kappa shape index (κ3) is 3.62. The van der Waals surface area contributed by atoms with Crippen LogP contribution in [0.1, 0.15) is 19.8 Å². The molecule has 6 rings (SSSR count). The smallest absolute Gasteiger partial charge is 0.387 e. The molecule has 7 nitrogen and oxygen atoms in total. The van der Waals surface area contributed by atoms with E-state index in [1.807, 2.05) is 6.07 Å². The maximum atomic E-state index is 12.7. The van der Waals surface area contributed by atoms with Crippen molar-refractivity contribution in [1.82, 2.24) is 9.97 Å². The van der Waals surface area contributed by atoms with Crippen molar-refractivity contribution in [2.45, 2.75) is 38.5 Å². The minimum absolute atomic E-state index is 0.0715. The van der Waals surface area contributed by atoms with Gasteiger partial charge in [-0.2, -0.15) is 8.78 Å². The third-order valence-electron chi connectivity index (χ3n) is 6.20. The number of nitrogens with two attached hydrogens (primary N) is 1. The summed E-state index contributed by atoms with van der Waals surface area (Å²) < 4.78 is 35.7. The van der Waals surface area contributed by atoms with Gasteiger partial charge in [-0.1, -0.05) is 0 Å². The number of alkyl halides is 2. The minimum atomic E-state index is -2.97. The number of pyridine rings is 2. The number of hydrogen-bond donors (Lipinski definition) is 1. The van der Waals surface area contributed by atoms with Crippen LogP contribution in [0.4, 0.5) is 26.1 Å². The molecule has 3 saturated heterocycles. The monoisotopic (exact) mass is 417 g/mol. The van der Waals surface area contributed by atoms with Crippen LogP contribution in [0.25, 0.3) is 11.3 Å². The standard InChI is InChI=1S/C21H25F2N5O2/c1-12-10-27(2-3-29-12)15-7-17(14-6-18(30-21(22)23)20(24)25-9-14)26-19(8-15)28-11-13-4-16(28)5-13/h6-9,12-13,16,21H,2-5,10-11H2,1H3,(H2,24,25)/t12-,13?,16?/m0/s1. The molecule has 160 valence electrons. The quantitative estimate of drug-likeness (QED) is 0.801. The largest absolute Gasteiger partial charge is 0.431 e. The maximum absolute atomic E-state index is 12.7. The molecule has 0 unspecified atom stereocenters. The summed E-state index contributed by atoms with van der Waals surface area (Å²) in [7, 11) is 0. The van der Waals surface area contributed by atoms with Crippen molar-refractivity contribution in [3.63, 3.8) is 0 Å². The second-order valence-corrected chi connectivity index (χ2v) is 8.33. The number of morpholine rings is 1. The molecule has 1 aliphatic carbocycles. The number of rotatable bonds is 5. The molecule has 0 radical (unpaired) electrons. The van der Waals surface area contributed by atoms with Crippen molar-refractivity contribution in [2.75, 3.05) is 41.8 Å². The predicted octanol–water partition coefficient (Wildman–Crippen LogP) is 3.15. The highest BCUT2D eigenvalue weighted by Crippen LogP contribution is 2.44. The molecule has 2 aromatic heterocycles. The highest BCUT2D eigenvalue weighted by Gasteiger charge is 2.43. The summed E-state index contributed by atoms with van der Waals surface area (Å²) in [5.41, 5.74) is 8.01. The summed E-state index contributed by atoms with van der Waals surface area (Å²) in [5.74, 6) is 1.45. The van der Waals surface area contributed by atoms with Gasteiger partial charge in [-0.25, -0.2) is 9.97 Å². The Balaban J connectivity index is 1.54. The van der Waals surface area contributed by atoms with E-state index in [9.17, 15) is 8.78 Å². The number of anilines is 3. The van der Waals surface area contributed by atoms with Gasteiger partial charge < -0.3 is 25.0 Å². The van der Waals surface area contributed by atoms with Crippen molar-refractivity contribution in [3.05, 3.63) is 24.4 Å². The summed E-state index contributed by atoms with van der Waals surface area (Å²) in [6.07, 6.45) is 4.12. The Morgan fingerprint density at radius 3 is 2.77 bits per heavy atom. The maximum Gasteiger partial charge on any atom is 0.387 e. The molecular weight excluding hydrogens is 392 g/mol. The van der Waals surface area contributed by atoms with E-state index >= 15 is 0 Å². The van der Waals surface area contributed by atoms with Gasteiger partial charge in [-0.15, -0.1) is 0 Å². The molecule has 9 heteroatoms. The Labute approximate surface area is 173 Å². The molecule has 4 fully saturated rings. The molecular formula is C21H25F2N5O2. The van der Waals surface area contributed by atoms with Crippen LogP contribution >= 0.6 is 0 Å². The topological polar surface area (TPSA) is 76.7 Å². The van der Waals surface area contributed by atoms with Gasteiger partial charge in [-0.05, 0) is 37.8 Å². The lowest BCUT2D eigenvalue weighted by atomic mass is 9.86. The molecule has 30 heavy (non-hydrogen) atoms. The lowest BCUT2D eigenvalue weighted by Crippen LogP contribution is -2.41. The molecule has 2 N–H and O–H groups in total. The summed E-state index contributed by atoms with van der Waals surface area (Å²) in [4.78, 5) is 13.6. The zero-order chi connectivity index (χ0) is 20.8. The van der Waals surface area contributed by atoms with E-state index in [4.69, 9.17) is 15.5 Å². The number of ether oxygens (including phenoxy) is 2. The van der Waals surface area contributed by atoms with E-state index in [1.54, 1.807) is 6.20 Å².